The first-order chi connectivity index (χ1) is 11.9. The molecule has 6 nitrogen and oxygen atoms in total. The summed E-state index contributed by atoms with van der Waals surface area (Å²) in [7, 11) is 1.74. The Kier molecular flexibility index (Phi) is 7.68. The van der Waals surface area contributed by atoms with E-state index in [9.17, 15) is 9.59 Å². The minimum absolute atomic E-state index is 0.0328. The van der Waals surface area contributed by atoms with Gasteiger partial charge in [-0.05, 0) is 37.6 Å². The van der Waals surface area contributed by atoms with E-state index in [-0.39, 0.29) is 18.6 Å². The first-order valence-electron chi connectivity index (χ1n) is 8.48. The van der Waals surface area contributed by atoms with Gasteiger partial charge in [-0.1, -0.05) is 23.7 Å². The molecule has 1 saturated heterocycles. The zero-order chi connectivity index (χ0) is 18.2. The molecule has 1 aliphatic heterocycles. The normalized spacial score (nSPS) is 17.7. The number of carbonyl (C=O) groups excluding carboxylic acids is 1. The minimum atomic E-state index is -0.867. The summed E-state index contributed by atoms with van der Waals surface area (Å²) in [5.41, 5.74) is 1.17. The number of halogens is 1. The molecule has 7 heteroatoms. The quantitative estimate of drug-likeness (QED) is 0.759. The van der Waals surface area contributed by atoms with Gasteiger partial charge in [0.05, 0.1) is 19.3 Å². The smallest absolute Gasteiger partial charge is 0.317 e. The van der Waals surface area contributed by atoms with Gasteiger partial charge in [0.1, 0.15) is 0 Å². The largest absolute Gasteiger partial charge is 0.480 e. The number of hydrogen-bond acceptors (Lipinski definition) is 4. The van der Waals surface area contributed by atoms with Crippen molar-refractivity contribution in [3.8, 4) is 0 Å². The van der Waals surface area contributed by atoms with Crippen molar-refractivity contribution in [3.63, 3.8) is 0 Å². The van der Waals surface area contributed by atoms with Gasteiger partial charge < -0.3 is 14.7 Å². The lowest BCUT2D eigenvalue weighted by atomic mass is 10.1. The van der Waals surface area contributed by atoms with E-state index in [0.717, 1.165) is 12.8 Å². The maximum Gasteiger partial charge on any atom is 0.317 e. The fourth-order valence-corrected chi connectivity index (χ4v) is 3.08. The summed E-state index contributed by atoms with van der Waals surface area (Å²) in [4.78, 5) is 26.6. The van der Waals surface area contributed by atoms with Gasteiger partial charge in [-0.25, -0.2) is 0 Å². The molecule has 0 aliphatic carbocycles. The maximum atomic E-state index is 12.4. The summed E-state index contributed by atoms with van der Waals surface area (Å²) in [5.74, 6) is -0.739. The topological polar surface area (TPSA) is 70.1 Å². The van der Waals surface area contributed by atoms with Crippen LogP contribution in [-0.2, 0) is 20.7 Å². The van der Waals surface area contributed by atoms with Crippen LogP contribution in [0.4, 0.5) is 0 Å². The number of carboxylic acid groups (broad SMARTS) is 1. The molecular weight excluding hydrogens is 344 g/mol. The van der Waals surface area contributed by atoms with Crippen molar-refractivity contribution in [2.24, 2.45) is 0 Å². The minimum Gasteiger partial charge on any atom is -0.480 e. The Balaban J connectivity index is 1.73. The zero-order valence-electron chi connectivity index (χ0n) is 14.5. The lowest BCUT2D eigenvalue weighted by Crippen LogP contribution is -2.49. The molecule has 1 N–H and O–H groups in total. The molecule has 1 aromatic rings. The molecule has 1 unspecified atom stereocenters. The van der Waals surface area contributed by atoms with Crippen LogP contribution < -0.4 is 0 Å². The number of carbonyl (C=O) groups is 2. The van der Waals surface area contributed by atoms with Gasteiger partial charge in [0.15, 0.2) is 0 Å². The van der Waals surface area contributed by atoms with E-state index in [2.05, 4.69) is 0 Å². The monoisotopic (exact) mass is 368 g/mol. The van der Waals surface area contributed by atoms with Crippen LogP contribution in [0.3, 0.4) is 0 Å². The Bertz CT molecular complexity index is 579. The van der Waals surface area contributed by atoms with Crippen LogP contribution in [0.2, 0.25) is 5.02 Å². The summed E-state index contributed by atoms with van der Waals surface area (Å²) < 4.78 is 5.65. The zero-order valence-corrected chi connectivity index (χ0v) is 15.2. The van der Waals surface area contributed by atoms with Crippen molar-refractivity contribution < 1.29 is 19.4 Å². The average molecular weight is 369 g/mol. The SMILES string of the molecule is CN(CC(=O)O)CC1CN(C(=O)CCCc2ccc(Cl)cc2)CCO1. The second kappa shape index (κ2) is 9.75. The Morgan fingerprint density at radius 3 is 2.76 bits per heavy atom. The molecule has 25 heavy (non-hydrogen) atoms. The highest BCUT2D eigenvalue weighted by atomic mass is 35.5. The number of nitrogens with zero attached hydrogens (tertiary/aromatic N) is 2. The number of aliphatic carboxylic acids is 1. The van der Waals surface area contributed by atoms with Crippen LogP contribution in [0.25, 0.3) is 0 Å². The highest BCUT2D eigenvalue weighted by Crippen LogP contribution is 2.13. The molecule has 1 amide bonds. The van der Waals surface area contributed by atoms with E-state index in [4.69, 9.17) is 21.4 Å². The number of hydrogen-bond donors (Lipinski definition) is 1. The highest BCUT2D eigenvalue weighted by molar-refractivity contribution is 6.30. The molecule has 1 aliphatic rings. The fraction of sp³-hybridized carbons (Fsp3) is 0.556. The van der Waals surface area contributed by atoms with Crippen LogP contribution in [0, 0.1) is 0 Å². The lowest BCUT2D eigenvalue weighted by molar-refractivity contribution is -0.142. The molecule has 0 aromatic heterocycles. The molecule has 0 radical (unpaired) electrons. The first kappa shape index (κ1) is 19.7. The molecule has 138 valence electrons. The van der Waals surface area contributed by atoms with E-state index in [1.807, 2.05) is 29.2 Å². The molecule has 0 saturated carbocycles. The molecule has 1 heterocycles. The van der Waals surface area contributed by atoms with E-state index >= 15 is 0 Å². The second-order valence-corrected chi connectivity index (χ2v) is 6.84. The number of benzene rings is 1. The summed E-state index contributed by atoms with van der Waals surface area (Å²) >= 11 is 5.87. The van der Waals surface area contributed by atoms with E-state index in [1.54, 1.807) is 11.9 Å². The van der Waals surface area contributed by atoms with Crippen LogP contribution in [0.5, 0.6) is 0 Å². The third kappa shape index (κ3) is 7.02. The third-order valence-corrected chi connectivity index (χ3v) is 4.43. The molecule has 0 bridgehead atoms. The van der Waals surface area contributed by atoms with Crippen LogP contribution in [-0.4, -0.2) is 72.7 Å². The van der Waals surface area contributed by atoms with E-state index in [0.29, 0.717) is 37.7 Å². The number of carboxylic acids is 1. The van der Waals surface area contributed by atoms with Crippen molar-refractivity contribution >= 4 is 23.5 Å². The van der Waals surface area contributed by atoms with Crippen molar-refractivity contribution in [2.45, 2.75) is 25.4 Å². The predicted molar refractivity (Wildman–Crippen MR) is 95.8 cm³/mol. The fourth-order valence-electron chi connectivity index (χ4n) is 2.95. The molecular formula is C18H25ClN2O4. The number of likely N-dealkylation sites (N-methyl/N-ethyl adjacent to an activating group) is 1. The Labute approximate surface area is 153 Å². The molecule has 2 rings (SSSR count). The van der Waals surface area contributed by atoms with Crippen molar-refractivity contribution in [1.29, 1.82) is 0 Å². The molecule has 1 fully saturated rings. The van der Waals surface area contributed by atoms with Gasteiger partial charge in [0.2, 0.25) is 5.91 Å². The number of aryl methyl sites for hydroxylation is 1. The van der Waals surface area contributed by atoms with Gasteiger partial charge in [-0.3, -0.25) is 14.5 Å². The van der Waals surface area contributed by atoms with Crippen molar-refractivity contribution in [1.82, 2.24) is 9.80 Å². The Hall–Kier alpha value is -1.63. The average Bonchev–Trinajstić information content (AvgIpc) is 2.56. The van der Waals surface area contributed by atoms with Crippen LogP contribution in [0.1, 0.15) is 18.4 Å². The predicted octanol–water partition coefficient (Wildman–Crippen LogP) is 1.91. The van der Waals surface area contributed by atoms with Gasteiger partial charge in [0.25, 0.3) is 0 Å². The number of ether oxygens (including phenoxy) is 1. The Morgan fingerprint density at radius 2 is 2.08 bits per heavy atom. The summed E-state index contributed by atoms with van der Waals surface area (Å²) in [6.07, 6.45) is 2.00. The van der Waals surface area contributed by atoms with Crippen LogP contribution >= 0.6 is 11.6 Å². The van der Waals surface area contributed by atoms with Gasteiger partial charge in [-0.2, -0.15) is 0 Å². The van der Waals surface area contributed by atoms with Gasteiger partial charge >= 0.3 is 5.97 Å². The summed E-state index contributed by atoms with van der Waals surface area (Å²) in [5, 5.41) is 9.52. The Morgan fingerprint density at radius 1 is 1.36 bits per heavy atom. The third-order valence-electron chi connectivity index (χ3n) is 4.18. The maximum absolute atomic E-state index is 12.4. The van der Waals surface area contributed by atoms with Gasteiger partial charge in [-0.15, -0.1) is 0 Å². The van der Waals surface area contributed by atoms with E-state index in [1.165, 1.54) is 5.56 Å². The van der Waals surface area contributed by atoms with Crippen LogP contribution in [0.15, 0.2) is 24.3 Å². The number of rotatable bonds is 8. The number of amides is 1. The van der Waals surface area contributed by atoms with Crippen molar-refractivity contribution in [3.05, 3.63) is 34.9 Å². The number of morpholine rings is 1. The molecule has 0 spiro atoms. The van der Waals surface area contributed by atoms with Crippen molar-refractivity contribution in [2.75, 3.05) is 39.8 Å². The molecule has 1 aromatic carbocycles. The lowest BCUT2D eigenvalue weighted by Gasteiger charge is -2.34. The molecule has 1 atom stereocenters. The first-order valence-corrected chi connectivity index (χ1v) is 8.86. The summed E-state index contributed by atoms with van der Waals surface area (Å²) in [6.45, 7) is 2.08. The second-order valence-electron chi connectivity index (χ2n) is 6.40. The van der Waals surface area contributed by atoms with Gasteiger partial charge in [0, 0.05) is 31.1 Å². The van der Waals surface area contributed by atoms with E-state index < -0.39 is 5.97 Å². The highest BCUT2D eigenvalue weighted by Gasteiger charge is 2.25. The standard InChI is InChI=1S/C18H25ClN2O4/c1-20(13-18(23)24)11-16-12-21(9-10-25-16)17(22)4-2-3-14-5-7-15(19)8-6-14/h5-8,16H,2-4,9-13H2,1H3,(H,23,24). The summed E-state index contributed by atoms with van der Waals surface area (Å²) in [6, 6.07) is 7.68.